The first-order valence-corrected chi connectivity index (χ1v) is 7.18. The van der Waals surface area contributed by atoms with Gasteiger partial charge >= 0.3 is 5.97 Å². The van der Waals surface area contributed by atoms with Gasteiger partial charge in [0, 0.05) is 0 Å². The molecule has 20 heavy (non-hydrogen) atoms. The van der Waals surface area contributed by atoms with Crippen molar-refractivity contribution in [2.45, 2.75) is 19.3 Å². The van der Waals surface area contributed by atoms with E-state index in [-0.39, 0.29) is 16.7 Å². The minimum atomic E-state index is -1.02. The average molecular weight is 289 g/mol. The number of rotatable bonds is 5. The molecule has 0 bridgehead atoms. The monoisotopic (exact) mass is 289 g/mol. The largest absolute Gasteiger partial charge is 0.477 e. The molecule has 1 aromatic heterocycles. The number of carboxylic acids is 1. The molecule has 1 heterocycles. The first-order valence-electron chi connectivity index (χ1n) is 6.30. The van der Waals surface area contributed by atoms with Crippen LogP contribution in [0.2, 0.25) is 0 Å². The van der Waals surface area contributed by atoms with E-state index in [1.54, 1.807) is 11.4 Å². The third-order valence-electron chi connectivity index (χ3n) is 3.04. The zero-order chi connectivity index (χ0) is 14.5. The number of carbonyl (C=O) groups excluding carboxylic acids is 1. The van der Waals surface area contributed by atoms with Crippen molar-refractivity contribution in [1.82, 2.24) is 0 Å². The van der Waals surface area contributed by atoms with E-state index in [1.807, 2.05) is 37.3 Å². The molecule has 0 saturated carbocycles. The molecule has 2 N–H and O–H groups in total. The fraction of sp³-hybridized carbons (Fsp3) is 0.200. The molecule has 0 spiro atoms. The van der Waals surface area contributed by atoms with Crippen molar-refractivity contribution < 1.29 is 14.7 Å². The summed E-state index contributed by atoms with van der Waals surface area (Å²) in [5.41, 5.74) is 1.29. The predicted molar refractivity (Wildman–Crippen MR) is 79.4 cm³/mol. The third kappa shape index (κ3) is 3.05. The fourth-order valence-corrected chi connectivity index (χ4v) is 2.74. The van der Waals surface area contributed by atoms with Crippen LogP contribution in [0.1, 0.15) is 34.5 Å². The molecule has 0 aliphatic rings. The predicted octanol–water partition coefficient (Wildman–Crippen LogP) is 3.58. The molecule has 0 aliphatic carbocycles. The lowest BCUT2D eigenvalue weighted by atomic mass is 9.95. The summed E-state index contributed by atoms with van der Waals surface area (Å²) < 4.78 is 0. The maximum absolute atomic E-state index is 12.3. The van der Waals surface area contributed by atoms with Crippen LogP contribution in [0.4, 0.5) is 5.69 Å². The van der Waals surface area contributed by atoms with Crippen LogP contribution in [0.3, 0.4) is 0 Å². The number of amides is 1. The van der Waals surface area contributed by atoms with Crippen LogP contribution >= 0.6 is 11.3 Å². The molecule has 1 unspecified atom stereocenters. The van der Waals surface area contributed by atoms with Crippen LogP contribution < -0.4 is 5.32 Å². The molecular weight excluding hydrogens is 274 g/mol. The quantitative estimate of drug-likeness (QED) is 0.884. The van der Waals surface area contributed by atoms with Crippen molar-refractivity contribution in [1.29, 1.82) is 0 Å². The van der Waals surface area contributed by atoms with E-state index in [4.69, 9.17) is 5.11 Å². The lowest BCUT2D eigenvalue weighted by molar-refractivity contribution is -0.117. The molecule has 1 atom stereocenters. The maximum atomic E-state index is 12.3. The summed E-state index contributed by atoms with van der Waals surface area (Å²) in [5.74, 6) is -1.49. The van der Waals surface area contributed by atoms with Crippen molar-refractivity contribution >= 4 is 28.9 Å². The molecule has 2 aromatic rings. The normalized spacial score (nSPS) is 11.8. The highest BCUT2D eigenvalue weighted by molar-refractivity contribution is 7.12. The highest BCUT2D eigenvalue weighted by Gasteiger charge is 2.21. The van der Waals surface area contributed by atoms with E-state index in [0.29, 0.717) is 12.1 Å². The molecule has 2 rings (SSSR count). The number of hydrogen-bond acceptors (Lipinski definition) is 3. The van der Waals surface area contributed by atoms with Crippen molar-refractivity contribution in [3.63, 3.8) is 0 Å². The Kier molecular flexibility index (Phi) is 4.53. The number of benzene rings is 1. The fourth-order valence-electron chi connectivity index (χ4n) is 2.05. The van der Waals surface area contributed by atoms with Gasteiger partial charge in [0.25, 0.3) is 0 Å². The van der Waals surface area contributed by atoms with Crippen molar-refractivity contribution in [2.75, 3.05) is 5.32 Å². The summed E-state index contributed by atoms with van der Waals surface area (Å²) in [6.07, 6.45) is 0.655. The Hall–Kier alpha value is -2.14. The van der Waals surface area contributed by atoms with Crippen LogP contribution in [0.15, 0.2) is 41.8 Å². The van der Waals surface area contributed by atoms with Gasteiger partial charge in [0.05, 0.1) is 11.6 Å². The van der Waals surface area contributed by atoms with Crippen LogP contribution in [-0.2, 0) is 4.79 Å². The molecule has 0 saturated heterocycles. The lowest BCUT2D eigenvalue weighted by Crippen LogP contribution is -2.21. The molecule has 0 fully saturated rings. The Bertz CT molecular complexity index is 607. The second-order valence-electron chi connectivity index (χ2n) is 4.33. The van der Waals surface area contributed by atoms with Crippen molar-refractivity contribution in [3.8, 4) is 0 Å². The number of nitrogens with one attached hydrogen (secondary N) is 1. The smallest absolute Gasteiger partial charge is 0.348 e. The maximum Gasteiger partial charge on any atom is 0.348 e. The highest BCUT2D eigenvalue weighted by atomic mass is 32.1. The van der Waals surface area contributed by atoms with Gasteiger partial charge in [0.15, 0.2) is 0 Å². The minimum absolute atomic E-state index is 0.154. The van der Waals surface area contributed by atoms with Gasteiger partial charge in [0.1, 0.15) is 4.88 Å². The molecule has 104 valence electrons. The SMILES string of the molecule is CCC(C(=O)Nc1ccsc1C(=O)O)c1ccccc1. The van der Waals surface area contributed by atoms with Gasteiger partial charge < -0.3 is 10.4 Å². The molecule has 0 aliphatic heterocycles. The molecule has 0 radical (unpaired) electrons. The standard InChI is InChI=1S/C15H15NO3S/c1-2-11(10-6-4-3-5-7-10)14(17)16-12-8-9-20-13(12)15(18)19/h3-9,11H,2H2,1H3,(H,16,17)(H,18,19). The van der Waals surface area contributed by atoms with E-state index in [1.165, 1.54) is 0 Å². The number of carbonyl (C=O) groups is 2. The Labute approximate surface area is 121 Å². The van der Waals surface area contributed by atoms with Gasteiger partial charge in [-0.2, -0.15) is 0 Å². The molecular formula is C15H15NO3S. The summed E-state index contributed by atoms with van der Waals surface area (Å²) in [6, 6.07) is 11.1. The van der Waals surface area contributed by atoms with Gasteiger partial charge in [-0.15, -0.1) is 11.3 Å². The molecule has 1 amide bonds. The summed E-state index contributed by atoms with van der Waals surface area (Å²) >= 11 is 1.10. The number of thiophene rings is 1. The number of aromatic carboxylic acids is 1. The average Bonchev–Trinajstić information content (AvgIpc) is 2.89. The van der Waals surface area contributed by atoms with Gasteiger partial charge in [0.2, 0.25) is 5.91 Å². The Morgan fingerprint density at radius 3 is 2.55 bits per heavy atom. The molecule has 1 aromatic carbocycles. The Morgan fingerprint density at radius 1 is 1.25 bits per heavy atom. The number of hydrogen-bond donors (Lipinski definition) is 2. The lowest BCUT2D eigenvalue weighted by Gasteiger charge is -2.15. The first kappa shape index (κ1) is 14.3. The second kappa shape index (κ2) is 6.34. The van der Waals surface area contributed by atoms with Gasteiger partial charge in [-0.3, -0.25) is 4.79 Å². The Morgan fingerprint density at radius 2 is 1.95 bits per heavy atom. The van der Waals surface area contributed by atoms with Crippen molar-refractivity contribution in [3.05, 3.63) is 52.2 Å². The minimum Gasteiger partial charge on any atom is -0.477 e. The molecule has 4 nitrogen and oxygen atoms in total. The third-order valence-corrected chi connectivity index (χ3v) is 3.95. The highest BCUT2D eigenvalue weighted by Crippen LogP contribution is 2.26. The second-order valence-corrected chi connectivity index (χ2v) is 5.25. The summed E-state index contributed by atoms with van der Waals surface area (Å²) in [7, 11) is 0. The van der Waals surface area contributed by atoms with Crippen LogP contribution in [0.5, 0.6) is 0 Å². The van der Waals surface area contributed by atoms with E-state index < -0.39 is 5.97 Å². The van der Waals surface area contributed by atoms with E-state index in [9.17, 15) is 9.59 Å². The topological polar surface area (TPSA) is 66.4 Å². The Balaban J connectivity index is 2.18. The number of anilines is 1. The zero-order valence-corrected chi connectivity index (χ0v) is 11.8. The molecule has 5 heteroatoms. The zero-order valence-electron chi connectivity index (χ0n) is 11.0. The van der Waals surface area contributed by atoms with Crippen LogP contribution in [-0.4, -0.2) is 17.0 Å². The van der Waals surface area contributed by atoms with Crippen LogP contribution in [0.25, 0.3) is 0 Å². The number of carboxylic acid groups (broad SMARTS) is 1. The summed E-state index contributed by atoms with van der Waals surface area (Å²) in [6.45, 7) is 1.93. The van der Waals surface area contributed by atoms with Gasteiger partial charge in [-0.05, 0) is 23.4 Å². The summed E-state index contributed by atoms with van der Waals surface area (Å²) in [5, 5.41) is 13.4. The van der Waals surface area contributed by atoms with E-state index >= 15 is 0 Å². The van der Waals surface area contributed by atoms with Gasteiger partial charge in [-0.25, -0.2) is 4.79 Å². The van der Waals surface area contributed by atoms with E-state index in [2.05, 4.69) is 5.32 Å². The van der Waals surface area contributed by atoms with Gasteiger partial charge in [-0.1, -0.05) is 37.3 Å². The van der Waals surface area contributed by atoms with E-state index in [0.717, 1.165) is 16.9 Å². The van der Waals surface area contributed by atoms with Crippen LogP contribution in [0, 0.1) is 0 Å². The first-order chi connectivity index (χ1) is 9.63. The summed E-state index contributed by atoms with van der Waals surface area (Å²) in [4.78, 5) is 23.5. The van der Waals surface area contributed by atoms with Crippen molar-refractivity contribution in [2.24, 2.45) is 0 Å².